The maximum Gasteiger partial charge on any atom is 0.326 e. The smallest absolute Gasteiger partial charge is 0.326 e. The fraction of sp³-hybridized carbons (Fsp3) is 0.455. The number of fused-ring (bicyclic) bond motifs is 1. The van der Waals surface area contributed by atoms with E-state index < -0.39 is 48.4 Å². The number of carbonyl (C=O) groups excluding carboxylic acids is 3. The van der Waals surface area contributed by atoms with E-state index >= 15 is 0 Å². The summed E-state index contributed by atoms with van der Waals surface area (Å²) in [5.74, 6) is -2.89. The van der Waals surface area contributed by atoms with Gasteiger partial charge in [0.25, 0.3) is 0 Å². The number of amides is 3. The van der Waals surface area contributed by atoms with Crippen LogP contribution in [0.4, 0.5) is 0 Å². The number of nitrogens with two attached hydrogens (primary N) is 2. The molecular weight excluding hydrogens is 428 g/mol. The number of aromatic amines is 1. The number of para-hydroxylation sites is 1. The molecule has 11 nitrogen and oxygen atoms in total. The average Bonchev–Trinajstić information content (AvgIpc) is 3.19. The molecule has 2 aromatic rings. The minimum atomic E-state index is -1.19. The Hall–Kier alpha value is -3.44. The van der Waals surface area contributed by atoms with Crippen LogP contribution in [0, 0.1) is 0 Å². The molecule has 0 aliphatic carbocycles. The molecule has 1 heterocycles. The molecule has 3 atom stereocenters. The van der Waals surface area contributed by atoms with Crippen molar-refractivity contribution in [2.45, 2.75) is 50.7 Å². The third-order valence-electron chi connectivity index (χ3n) is 5.15. The molecule has 180 valence electrons. The molecule has 0 aliphatic rings. The number of carboxylic acid groups (broad SMARTS) is 1. The van der Waals surface area contributed by atoms with Gasteiger partial charge in [0.1, 0.15) is 12.1 Å². The Labute approximate surface area is 191 Å². The van der Waals surface area contributed by atoms with Gasteiger partial charge in [-0.2, -0.15) is 0 Å². The van der Waals surface area contributed by atoms with E-state index in [9.17, 15) is 24.3 Å². The van der Waals surface area contributed by atoms with E-state index in [0.717, 1.165) is 16.5 Å². The summed E-state index contributed by atoms with van der Waals surface area (Å²) in [6, 6.07) is 4.61. The fourth-order valence-electron chi connectivity index (χ4n) is 3.32. The van der Waals surface area contributed by atoms with Crippen molar-refractivity contribution in [2.75, 3.05) is 13.1 Å². The van der Waals surface area contributed by atoms with Crippen molar-refractivity contribution in [1.29, 1.82) is 0 Å². The first-order valence-corrected chi connectivity index (χ1v) is 10.8. The van der Waals surface area contributed by atoms with Crippen molar-refractivity contribution in [3.05, 3.63) is 36.0 Å². The molecular formula is C22H32N6O5. The van der Waals surface area contributed by atoms with E-state index in [-0.39, 0.29) is 6.42 Å². The van der Waals surface area contributed by atoms with Crippen LogP contribution in [0.2, 0.25) is 0 Å². The zero-order valence-corrected chi connectivity index (χ0v) is 18.6. The van der Waals surface area contributed by atoms with E-state index in [0.29, 0.717) is 25.8 Å². The molecule has 0 fully saturated rings. The van der Waals surface area contributed by atoms with E-state index in [4.69, 9.17) is 11.5 Å². The van der Waals surface area contributed by atoms with Gasteiger partial charge in [-0.15, -0.1) is 0 Å². The molecule has 0 radical (unpaired) electrons. The number of hydrogen-bond donors (Lipinski definition) is 7. The monoisotopic (exact) mass is 460 g/mol. The summed E-state index contributed by atoms with van der Waals surface area (Å²) in [5.41, 5.74) is 12.6. The van der Waals surface area contributed by atoms with Crippen LogP contribution in [0.5, 0.6) is 0 Å². The normalized spacial score (nSPS) is 13.7. The van der Waals surface area contributed by atoms with Crippen LogP contribution in [0.1, 0.15) is 31.7 Å². The van der Waals surface area contributed by atoms with Gasteiger partial charge in [-0.1, -0.05) is 18.2 Å². The zero-order chi connectivity index (χ0) is 24.4. The Balaban J connectivity index is 1.94. The lowest BCUT2D eigenvalue weighted by Gasteiger charge is -2.20. The largest absolute Gasteiger partial charge is 0.480 e. The minimum Gasteiger partial charge on any atom is -0.480 e. The van der Waals surface area contributed by atoms with Crippen LogP contribution >= 0.6 is 0 Å². The van der Waals surface area contributed by atoms with Crippen LogP contribution in [0.15, 0.2) is 30.5 Å². The average molecular weight is 461 g/mol. The molecule has 9 N–H and O–H groups in total. The Morgan fingerprint density at radius 1 is 1.06 bits per heavy atom. The highest BCUT2D eigenvalue weighted by molar-refractivity contribution is 5.92. The third kappa shape index (κ3) is 7.88. The van der Waals surface area contributed by atoms with E-state index in [1.807, 2.05) is 24.3 Å². The number of carbonyl (C=O) groups is 4. The molecule has 1 aromatic carbocycles. The maximum atomic E-state index is 12.5. The molecule has 1 aromatic heterocycles. The SMILES string of the molecule is CC(N)C(=O)NC(CCCCN)C(=O)NCC(=O)NC(Cc1c[nH]c2ccccc12)C(=O)O. The molecule has 2 rings (SSSR count). The first-order chi connectivity index (χ1) is 15.7. The Morgan fingerprint density at radius 2 is 1.79 bits per heavy atom. The number of carboxylic acids is 1. The van der Waals surface area contributed by atoms with Crippen LogP contribution in [0.25, 0.3) is 10.9 Å². The van der Waals surface area contributed by atoms with Gasteiger partial charge in [0.05, 0.1) is 12.6 Å². The van der Waals surface area contributed by atoms with Crippen molar-refractivity contribution < 1.29 is 24.3 Å². The lowest BCUT2D eigenvalue weighted by atomic mass is 10.0. The van der Waals surface area contributed by atoms with Gasteiger partial charge >= 0.3 is 5.97 Å². The first kappa shape index (κ1) is 25.8. The summed E-state index contributed by atoms with van der Waals surface area (Å²) in [7, 11) is 0. The lowest BCUT2D eigenvalue weighted by molar-refractivity contribution is -0.141. The van der Waals surface area contributed by atoms with E-state index in [1.54, 1.807) is 6.20 Å². The molecule has 33 heavy (non-hydrogen) atoms. The lowest BCUT2D eigenvalue weighted by Crippen LogP contribution is -2.53. The van der Waals surface area contributed by atoms with Crippen molar-refractivity contribution in [2.24, 2.45) is 11.5 Å². The number of benzene rings is 1. The van der Waals surface area contributed by atoms with Crippen LogP contribution in [-0.4, -0.2) is 65.0 Å². The van der Waals surface area contributed by atoms with Gasteiger partial charge < -0.3 is 37.5 Å². The minimum absolute atomic E-state index is 0.0746. The van der Waals surface area contributed by atoms with Gasteiger partial charge in [0.2, 0.25) is 17.7 Å². The first-order valence-electron chi connectivity index (χ1n) is 10.8. The summed E-state index contributed by atoms with van der Waals surface area (Å²) in [6.07, 6.45) is 3.40. The second kappa shape index (κ2) is 12.6. The van der Waals surface area contributed by atoms with Gasteiger partial charge in [0, 0.05) is 23.5 Å². The van der Waals surface area contributed by atoms with E-state index in [2.05, 4.69) is 20.9 Å². The molecule has 0 aliphatic heterocycles. The van der Waals surface area contributed by atoms with Gasteiger partial charge in [-0.25, -0.2) is 4.79 Å². The maximum absolute atomic E-state index is 12.5. The summed E-state index contributed by atoms with van der Waals surface area (Å²) < 4.78 is 0. The van der Waals surface area contributed by atoms with E-state index in [1.165, 1.54) is 6.92 Å². The Kier molecular flexibility index (Phi) is 9.83. The number of H-pyrrole nitrogens is 1. The molecule has 0 bridgehead atoms. The molecule has 0 saturated carbocycles. The van der Waals surface area contributed by atoms with Gasteiger partial charge in [0.15, 0.2) is 0 Å². The van der Waals surface area contributed by atoms with Crippen molar-refractivity contribution in [3.63, 3.8) is 0 Å². The van der Waals surface area contributed by atoms with Gasteiger partial charge in [-0.05, 0) is 44.4 Å². The number of unbranched alkanes of at least 4 members (excludes halogenated alkanes) is 1. The number of hydrogen-bond acceptors (Lipinski definition) is 6. The number of nitrogens with one attached hydrogen (secondary N) is 4. The predicted octanol–water partition coefficient (Wildman–Crippen LogP) is -0.643. The molecule has 0 spiro atoms. The summed E-state index contributed by atoms with van der Waals surface area (Å²) in [4.78, 5) is 51.5. The number of rotatable bonds is 13. The second-order valence-electron chi connectivity index (χ2n) is 7.87. The molecule has 3 unspecified atom stereocenters. The zero-order valence-electron chi connectivity index (χ0n) is 18.6. The number of aliphatic carboxylic acids is 1. The summed E-state index contributed by atoms with van der Waals surface area (Å²) in [6.45, 7) is 1.51. The Bertz CT molecular complexity index is 973. The topological polar surface area (TPSA) is 192 Å². The standard InChI is InChI=1S/C22H32N6O5/c1-13(24)20(30)28-17(8-4-5-9-23)21(31)26-12-19(29)27-18(22(32)33)10-14-11-25-16-7-3-2-6-15(14)16/h2-3,6-7,11,13,17-18,25H,4-5,8-10,12,23-24H2,1H3,(H,26,31)(H,27,29)(H,28,30)(H,32,33). The van der Waals surface area contributed by atoms with Crippen molar-refractivity contribution in [3.8, 4) is 0 Å². The third-order valence-corrected chi connectivity index (χ3v) is 5.15. The second-order valence-corrected chi connectivity index (χ2v) is 7.87. The highest BCUT2D eigenvalue weighted by Gasteiger charge is 2.24. The fourth-order valence-corrected chi connectivity index (χ4v) is 3.32. The van der Waals surface area contributed by atoms with Crippen LogP contribution < -0.4 is 27.4 Å². The van der Waals surface area contributed by atoms with Crippen molar-refractivity contribution >= 4 is 34.6 Å². The number of aromatic nitrogens is 1. The molecule has 3 amide bonds. The Morgan fingerprint density at radius 3 is 2.45 bits per heavy atom. The van der Waals surface area contributed by atoms with Gasteiger partial charge in [-0.3, -0.25) is 14.4 Å². The summed E-state index contributed by atoms with van der Waals surface area (Å²) >= 11 is 0. The molecule has 0 saturated heterocycles. The highest BCUT2D eigenvalue weighted by Crippen LogP contribution is 2.19. The quantitative estimate of drug-likeness (QED) is 0.193. The molecule has 11 heteroatoms. The van der Waals surface area contributed by atoms with Crippen molar-refractivity contribution in [1.82, 2.24) is 20.9 Å². The summed E-state index contributed by atoms with van der Waals surface area (Å²) in [5, 5.41) is 17.9. The van der Waals surface area contributed by atoms with Crippen LogP contribution in [0.3, 0.4) is 0 Å². The predicted molar refractivity (Wildman–Crippen MR) is 123 cm³/mol. The van der Waals surface area contributed by atoms with Crippen LogP contribution in [-0.2, 0) is 25.6 Å². The highest BCUT2D eigenvalue weighted by atomic mass is 16.4.